The molecule has 1 aromatic rings. The van der Waals surface area contributed by atoms with E-state index in [1.807, 2.05) is 0 Å². The molecule has 1 aromatic carbocycles. The number of anilines is 1. The van der Waals surface area contributed by atoms with Gasteiger partial charge in [-0.15, -0.1) is 0 Å². The highest BCUT2D eigenvalue weighted by Crippen LogP contribution is 2.21. The SMILES string of the molecule is CS(=O)(=O)N(C=O)c1cccc([N+](=O)[O-])c1. The van der Waals surface area contributed by atoms with Crippen LogP contribution in [0.15, 0.2) is 24.3 Å². The fourth-order valence-electron chi connectivity index (χ4n) is 1.07. The molecule has 0 saturated carbocycles. The summed E-state index contributed by atoms with van der Waals surface area (Å²) in [6.07, 6.45) is 0.925. The zero-order valence-electron chi connectivity index (χ0n) is 8.23. The molecule has 0 saturated heterocycles. The Hall–Kier alpha value is -1.96. The van der Waals surface area contributed by atoms with E-state index in [9.17, 15) is 23.3 Å². The van der Waals surface area contributed by atoms with Crippen molar-refractivity contribution in [1.82, 2.24) is 0 Å². The predicted molar refractivity (Wildman–Crippen MR) is 56.5 cm³/mol. The average molecular weight is 244 g/mol. The summed E-state index contributed by atoms with van der Waals surface area (Å²) in [6.45, 7) is 0. The summed E-state index contributed by atoms with van der Waals surface area (Å²) < 4.78 is 22.8. The Morgan fingerprint density at radius 1 is 1.44 bits per heavy atom. The molecule has 0 spiro atoms. The van der Waals surface area contributed by atoms with E-state index in [4.69, 9.17) is 0 Å². The van der Waals surface area contributed by atoms with Gasteiger partial charge in [0, 0.05) is 12.1 Å². The van der Waals surface area contributed by atoms with Crippen LogP contribution in [0.25, 0.3) is 0 Å². The van der Waals surface area contributed by atoms with Gasteiger partial charge in [0.1, 0.15) is 0 Å². The molecule has 0 aliphatic heterocycles. The van der Waals surface area contributed by atoms with Gasteiger partial charge in [-0.1, -0.05) is 6.07 Å². The van der Waals surface area contributed by atoms with Crippen LogP contribution in [-0.2, 0) is 14.8 Å². The van der Waals surface area contributed by atoms with Crippen molar-refractivity contribution in [3.63, 3.8) is 0 Å². The number of nitro groups is 1. The Morgan fingerprint density at radius 2 is 2.06 bits per heavy atom. The normalized spacial score (nSPS) is 10.8. The molecule has 1 rings (SSSR count). The Kier molecular flexibility index (Phi) is 3.23. The lowest BCUT2D eigenvalue weighted by atomic mass is 10.3. The van der Waals surface area contributed by atoms with Gasteiger partial charge in [-0.3, -0.25) is 14.9 Å². The first-order valence-electron chi connectivity index (χ1n) is 4.05. The third-order valence-corrected chi connectivity index (χ3v) is 2.76. The van der Waals surface area contributed by atoms with Gasteiger partial charge < -0.3 is 0 Å². The molecule has 0 radical (unpaired) electrons. The topological polar surface area (TPSA) is 97.6 Å². The zero-order valence-corrected chi connectivity index (χ0v) is 9.05. The maximum atomic E-state index is 11.2. The van der Waals surface area contributed by atoms with Gasteiger partial charge in [0.25, 0.3) is 5.69 Å². The molecule has 0 aliphatic rings. The second-order valence-corrected chi connectivity index (χ2v) is 4.80. The van der Waals surface area contributed by atoms with Crippen LogP contribution in [0, 0.1) is 10.1 Å². The van der Waals surface area contributed by atoms with Gasteiger partial charge in [-0.25, -0.2) is 12.7 Å². The molecule has 1 amide bonds. The first-order chi connectivity index (χ1) is 7.36. The summed E-state index contributed by atoms with van der Waals surface area (Å²) >= 11 is 0. The zero-order chi connectivity index (χ0) is 12.3. The smallest absolute Gasteiger partial charge is 0.271 e. The minimum atomic E-state index is -3.77. The largest absolute Gasteiger partial charge is 0.277 e. The number of carbonyl (C=O) groups is 1. The molecule has 7 nitrogen and oxygen atoms in total. The molecule has 0 aliphatic carbocycles. The molecule has 0 heterocycles. The molecule has 86 valence electrons. The summed E-state index contributed by atoms with van der Waals surface area (Å²) in [4.78, 5) is 20.4. The van der Waals surface area contributed by atoms with E-state index in [1.165, 1.54) is 18.2 Å². The van der Waals surface area contributed by atoms with Crippen molar-refractivity contribution < 1.29 is 18.1 Å². The lowest BCUT2D eigenvalue weighted by Crippen LogP contribution is -2.28. The fraction of sp³-hybridized carbons (Fsp3) is 0.125. The van der Waals surface area contributed by atoms with Gasteiger partial charge in [-0.05, 0) is 6.07 Å². The molecule has 16 heavy (non-hydrogen) atoms. The van der Waals surface area contributed by atoms with Crippen molar-refractivity contribution in [2.45, 2.75) is 0 Å². The van der Waals surface area contributed by atoms with Crippen LogP contribution in [0.2, 0.25) is 0 Å². The highest BCUT2D eigenvalue weighted by molar-refractivity contribution is 7.92. The van der Waals surface area contributed by atoms with Crippen LogP contribution in [0.1, 0.15) is 0 Å². The van der Waals surface area contributed by atoms with Gasteiger partial charge in [0.15, 0.2) is 0 Å². The molecular formula is C8H8N2O5S. The number of non-ortho nitro benzene ring substituents is 1. The van der Waals surface area contributed by atoms with Crippen LogP contribution >= 0.6 is 0 Å². The summed E-state index contributed by atoms with van der Waals surface area (Å²) in [7, 11) is -3.77. The van der Waals surface area contributed by atoms with Crippen molar-refractivity contribution >= 4 is 27.8 Å². The number of sulfonamides is 1. The summed E-state index contributed by atoms with van der Waals surface area (Å²) in [5.41, 5.74) is -0.347. The van der Waals surface area contributed by atoms with E-state index in [2.05, 4.69) is 0 Å². The van der Waals surface area contributed by atoms with E-state index in [0.717, 1.165) is 12.3 Å². The number of amides is 1. The van der Waals surface area contributed by atoms with E-state index in [0.29, 0.717) is 4.31 Å². The minimum Gasteiger partial charge on any atom is -0.277 e. The number of rotatable bonds is 4. The number of benzene rings is 1. The van der Waals surface area contributed by atoms with Gasteiger partial charge in [0.05, 0.1) is 16.9 Å². The van der Waals surface area contributed by atoms with E-state index >= 15 is 0 Å². The third kappa shape index (κ3) is 2.54. The molecule has 0 atom stereocenters. The Balaban J connectivity index is 3.27. The third-order valence-electron chi connectivity index (χ3n) is 1.75. The van der Waals surface area contributed by atoms with Crippen LogP contribution in [-0.4, -0.2) is 26.0 Å². The van der Waals surface area contributed by atoms with Gasteiger partial charge >= 0.3 is 0 Å². The fourth-order valence-corrected chi connectivity index (χ4v) is 1.73. The Labute approximate surface area is 91.5 Å². The standard InChI is InChI=1S/C8H8N2O5S/c1-16(14,15)9(6-11)7-3-2-4-8(5-7)10(12)13/h2-6H,1H3. The van der Waals surface area contributed by atoms with E-state index < -0.39 is 14.9 Å². The van der Waals surface area contributed by atoms with Crippen LogP contribution in [0.5, 0.6) is 0 Å². The van der Waals surface area contributed by atoms with Crippen molar-refractivity contribution in [3.05, 3.63) is 34.4 Å². The highest BCUT2D eigenvalue weighted by atomic mass is 32.2. The first-order valence-corrected chi connectivity index (χ1v) is 5.90. The molecule has 0 bridgehead atoms. The molecule has 0 aromatic heterocycles. The number of hydrogen-bond acceptors (Lipinski definition) is 5. The van der Waals surface area contributed by atoms with Crippen molar-refractivity contribution in [2.24, 2.45) is 0 Å². The van der Waals surface area contributed by atoms with E-state index in [-0.39, 0.29) is 17.8 Å². The summed E-state index contributed by atoms with van der Waals surface area (Å²) in [6, 6.07) is 4.81. The van der Waals surface area contributed by atoms with Crippen molar-refractivity contribution in [3.8, 4) is 0 Å². The maximum absolute atomic E-state index is 11.2. The van der Waals surface area contributed by atoms with Gasteiger partial charge in [-0.2, -0.15) is 0 Å². The molecule has 0 N–H and O–H groups in total. The second kappa shape index (κ2) is 4.27. The summed E-state index contributed by atoms with van der Waals surface area (Å²) in [5, 5.41) is 10.5. The molecular weight excluding hydrogens is 236 g/mol. The lowest BCUT2D eigenvalue weighted by molar-refractivity contribution is -0.384. The molecule has 0 fully saturated rings. The van der Waals surface area contributed by atoms with E-state index in [1.54, 1.807) is 0 Å². The molecule has 0 unspecified atom stereocenters. The second-order valence-electron chi connectivity index (χ2n) is 2.94. The quantitative estimate of drug-likeness (QED) is 0.437. The number of hydrogen-bond donors (Lipinski definition) is 0. The highest BCUT2D eigenvalue weighted by Gasteiger charge is 2.18. The monoisotopic (exact) mass is 244 g/mol. The van der Waals surface area contributed by atoms with Crippen LogP contribution < -0.4 is 4.31 Å². The summed E-state index contributed by atoms with van der Waals surface area (Å²) in [5.74, 6) is 0. The van der Waals surface area contributed by atoms with Gasteiger partial charge in [0.2, 0.25) is 16.4 Å². The first kappa shape index (κ1) is 12.1. The average Bonchev–Trinajstić information content (AvgIpc) is 2.17. The van der Waals surface area contributed by atoms with Crippen LogP contribution in [0.3, 0.4) is 0 Å². The Morgan fingerprint density at radius 3 is 2.50 bits per heavy atom. The maximum Gasteiger partial charge on any atom is 0.271 e. The van der Waals surface area contributed by atoms with Crippen LogP contribution in [0.4, 0.5) is 11.4 Å². The number of carbonyl (C=O) groups excluding carboxylic acids is 1. The van der Waals surface area contributed by atoms with Crippen molar-refractivity contribution in [1.29, 1.82) is 0 Å². The van der Waals surface area contributed by atoms with Crippen molar-refractivity contribution in [2.75, 3.05) is 10.6 Å². The number of nitrogens with zero attached hydrogens (tertiary/aromatic N) is 2. The Bertz CT molecular complexity index is 525. The minimum absolute atomic E-state index is 0.0632. The predicted octanol–water partition coefficient (Wildman–Crippen LogP) is 0.517. The molecule has 8 heteroatoms. The number of nitro benzene ring substituents is 1. The lowest BCUT2D eigenvalue weighted by Gasteiger charge is -2.13.